The van der Waals surface area contributed by atoms with Gasteiger partial charge in [-0.25, -0.2) is 13.4 Å². The Morgan fingerprint density at radius 2 is 1.78 bits per heavy atom. The summed E-state index contributed by atoms with van der Waals surface area (Å²) in [4.78, 5) is 19.0. The minimum absolute atomic E-state index is 0.0878. The van der Waals surface area contributed by atoms with E-state index in [1.807, 2.05) is 12.3 Å². The van der Waals surface area contributed by atoms with Gasteiger partial charge in [0, 0.05) is 37.1 Å². The van der Waals surface area contributed by atoms with Crippen molar-refractivity contribution >= 4 is 38.9 Å². The summed E-state index contributed by atoms with van der Waals surface area (Å²) in [6, 6.07) is 13.3. The Morgan fingerprint density at radius 1 is 1.09 bits per heavy atom. The molecule has 3 aromatic rings. The van der Waals surface area contributed by atoms with Gasteiger partial charge in [-0.05, 0) is 43.3 Å². The lowest BCUT2D eigenvalue weighted by Gasteiger charge is -2.34. The van der Waals surface area contributed by atoms with E-state index < -0.39 is 10.0 Å². The van der Waals surface area contributed by atoms with Gasteiger partial charge < -0.3 is 9.64 Å². The molecule has 0 spiro atoms. The van der Waals surface area contributed by atoms with Crippen LogP contribution in [0.15, 0.2) is 58.8 Å². The molecule has 4 rings (SSSR count). The molecule has 0 aliphatic carbocycles. The number of thiazole rings is 1. The first-order valence-corrected chi connectivity index (χ1v) is 12.7. The number of aryl methyl sites for hydroxylation is 1. The number of ether oxygens (including phenoxy) is 1. The molecule has 2 heterocycles. The van der Waals surface area contributed by atoms with Crippen molar-refractivity contribution in [3.63, 3.8) is 0 Å². The Balaban J connectivity index is 1.34. The SMILES string of the molecule is Cc1nc(COc2ccc(C(=O)N3CCN(S(=O)(=O)c4ccccc4Cl)CC3)cc2)cs1. The molecule has 1 aliphatic rings. The fourth-order valence-electron chi connectivity index (χ4n) is 3.43. The van der Waals surface area contributed by atoms with Gasteiger partial charge in [0.2, 0.25) is 10.0 Å². The molecule has 0 radical (unpaired) electrons. The molecule has 1 aromatic heterocycles. The Kier molecular flexibility index (Phi) is 6.80. The highest BCUT2D eigenvalue weighted by Gasteiger charge is 2.31. The van der Waals surface area contributed by atoms with Gasteiger partial charge in [-0.2, -0.15) is 4.31 Å². The van der Waals surface area contributed by atoms with Gasteiger partial charge in [-0.15, -0.1) is 11.3 Å². The number of carbonyl (C=O) groups excluding carboxylic acids is 1. The van der Waals surface area contributed by atoms with E-state index in [1.165, 1.54) is 10.4 Å². The van der Waals surface area contributed by atoms with Crippen LogP contribution in [-0.4, -0.2) is 54.7 Å². The molecule has 2 aromatic carbocycles. The van der Waals surface area contributed by atoms with E-state index in [2.05, 4.69) is 4.98 Å². The summed E-state index contributed by atoms with van der Waals surface area (Å²) in [6.07, 6.45) is 0. The maximum Gasteiger partial charge on any atom is 0.253 e. The number of carbonyl (C=O) groups is 1. The molecule has 1 amide bonds. The molecule has 0 N–H and O–H groups in total. The molecule has 10 heteroatoms. The molecule has 0 bridgehead atoms. The average molecular weight is 492 g/mol. The van der Waals surface area contributed by atoms with Gasteiger partial charge in [0.15, 0.2) is 0 Å². The predicted molar refractivity (Wildman–Crippen MR) is 124 cm³/mol. The van der Waals surface area contributed by atoms with E-state index in [0.717, 1.165) is 10.7 Å². The number of halogens is 1. The lowest BCUT2D eigenvalue weighted by Crippen LogP contribution is -2.50. The Hall–Kier alpha value is -2.46. The van der Waals surface area contributed by atoms with Crippen molar-refractivity contribution in [1.82, 2.24) is 14.2 Å². The van der Waals surface area contributed by atoms with Crippen molar-refractivity contribution in [3.05, 3.63) is 75.2 Å². The fourth-order valence-corrected chi connectivity index (χ4v) is 5.95. The van der Waals surface area contributed by atoms with Gasteiger partial charge in [-0.3, -0.25) is 4.79 Å². The van der Waals surface area contributed by atoms with Gasteiger partial charge in [0.1, 0.15) is 17.3 Å². The number of sulfonamides is 1. The van der Waals surface area contributed by atoms with E-state index in [1.54, 1.807) is 58.7 Å². The monoisotopic (exact) mass is 491 g/mol. The van der Waals surface area contributed by atoms with Crippen molar-refractivity contribution in [2.75, 3.05) is 26.2 Å². The van der Waals surface area contributed by atoms with Crippen LogP contribution in [0.4, 0.5) is 0 Å². The maximum atomic E-state index is 12.9. The zero-order valence-electron chi connectivity index (χ0n) is 17.4. The number of benzene rings is 2. The lowest BCUT2D eigenvalue weighted by atomic mass is 10.2. The van der Waals surface area contributed by atoms with Gasteiger partial charge in [0.05, 0.1) is 15.7 Å². The fraction of sp³-hybridized carbons (Fsp3) is 0.273. The highest BCUT2D eigenvalue weighted by molar-refractivity contribution is 7.89. The van der Waals surface area contributed by atoms with E-state index >= 15 is 0 Å². The first kappa shape index (κ1) is 22.7. The van der Waals surface area contributed by atoms with E-state index in [-0.39, 0.29) is 28.9 Å². The summed E-state index contributed by atoms with van der Waals surface area (Å²) in [5.41, 5.74) is 1.40. The Morgan fingerprint density at radius 3 is 2.41 bits per heavy atom. The number of rotatable bonds is 6. The lowest BCUT2D eigenvalue weighted by molar-refractivity contribution is 0.0698. The third kappa shape index (κ3) is 4.96. The summed E-state index contributed by atoms with van der Waals surface area (Å²) in [6.45, 7) is 3.37. The molecule has 168 valence electrons. The zero-order chi connectivity index (χ0) is 22.7. The molecule has 1 saturated heterocycles. The van der Waals surface area contributed by atoms with Crippen LogP contribution in [0.2, 0.25) is 5.02 Å². The topological polar surface area (TPSA) is 79.8 Å². The number of hydrogen-bond acceptors (Lipinski definition) is 6. The second-order valence-electron chi connectivity index (χ2n) is 7.30. The van der Waals surface area contributed by atoms with Gasteiger partial charge in [0.25, 0.3) is 5.91 Å². The quantitative estimate of drug-likeness (QED) is 0.523. The number of piperazine rings is 1. The largest absolute Gasteiger partial charge is 0.487 e. The number of amides is 1. The molecule has 0 unspecified atom stereocenters. The van der Waals surface area contributed by atoms with Crippen molar-refractivity contribution in [3.8, 4) is 5.75 Å². The van der Waals surface area contributed by atoms with Crippen molar-refractivity contribution in [2.45, 2.75) is 18.4 Å². The Bertz CT molecular complexity index is 1200. The molecule has 1 fully saturated rings. The minimum Gasteiger partial charge on any atom is -0.487 e. The third-order valence-corrected chi connectivity index (χ3v) is 8.36. The van der Waals surface area contributed by atoms with Crippen LogP contribution in [0.3, 0.4) is 0 Å². The van der Waals surface area contributed by atoms with Crippen LogP contribution in [0.1, 0.15) is 21.1 Å². The number of aromatic nitrogens is 1. The summed E-state index contributed by atoms with van der Waals surface area (Å²) in [5.74, 6) is 0.518. The first-order chi connectivity index (χ1) is 15.3. The molecule has 32 heavy (non-hydrogen) atoms. The van der Waals surface area contributed by atoms with Gasteiger partial charge in [-0.1, -0.05) is 23.7 Å². The standard InChI is InChI=1S/C22H22ClN3O4S2/c1-16-24-18(15-31-16)14-30-19-8-6-17(7-9-19)22(27)25-10-12-26(13-11-25)32(28,29)21-5-3-2-4-20(21)23/h2-9,15H,10-14H2,1H3. The molecule has 1 aliphatic heterocycles. The summed E-state index contributed by atoms with van der Waals surface area (Å²) >= 11 is 7.65. The van der Waals surface area contributed by atoms with Crippen LogP contribution in [-0.2, 0) is 16.6 Å². The zero-order valence-corrected chi connectivity index (χ0v) is 19.8. The third-order valence-electron chi connectivity index (χ3n) is 5.13. The molecule has 7 nitrogen and oxygen atoms in total. The molecule has 0 saturated carbocycles. The van der Waals surface area contributed by atoms with Gasteiger partial charge >= 0.3 is 0 Å². The van der Waals surface area contributed by atoms with Crippen LogP contribution < -0.4 is 4.74 Å². The summed E-state index contributed by atoms with van der Waals surface area (Å²) < 4.78 is 32.8. The molecule has 0 atom stereocenters. The van der Waals surface area contributed by atoms with E-state index in [4.69, 9.17) is 16.3 Å². The second-order valence-corrected chi connectivity index (χ2v) is 10.7. The first-order valence-electron chi connectivity index (χ1n) is 10.0. The highest BCUT2D eigenvalue weighted by atomic mass is 35.5. The van der Waals surface area contributed by atoms with Crippen molar-refractivity contribution < 1.29 is 17.9 Å². The maximum absolute atomic E-state index is 12.9. The predicted octanol–water partition coefficient (Wildman–Crippen LogP) is 3.83. The van der Waals surface area contributed by atoms with E-state index in [9.17, 15) is 13.2 Å². The highest BCUT2D eigenvalue weighted by Crippen LogP contribution is 2.25. The average Bonchev–Trinajstić information content (AvgIpc) is 3.23. The van der Waals surface area contributed by atoms with Crippen molar-refractivity contribution in [1.29, 1.82) is 0 Å². The number of nitrogens with zero attached hydrogens (tertiary/aromatic N) is 3. The Labute approximate surface area is 196 Å². The van der Waals surface area contributed by atoms with Crippen molar-refractivity contribution in [2.24, 2.45) is 0 Å². The number of hydrogen-bond donors (Lipinski definition) is 0. The van der Waals surface area contributed by atoms with E-state index in [0.29, 0.717) is 31.0 Å². The minimum atomic E-state index is -3.70. The smallest absolute Gasteiger partial charge is 0.253 e. The summed E-state index contributed by atoms with van der Waals surface area (Å²) in [7, 11) is -3.70. The molecular formula is C22H22ClN3O4S2. The van der Waals surface area contributed by atoms with Crippen LogP contribution >= 0.6 is 22.9 Å². The summed E-state index contributed by atoms with van der Waals surface area (Å²) in [5, 5.41) is 3.14. The molecular weight excluding hydrogens is 470 g/mol. The van der Waals surface area contributed by atoms with Crippen LogP contribution in [0, 0.1) is 6.92 Å². The van der Waals surface area contributed by atoms with Crippen LogP contribution in [0.5, 0.6) is 5.75 Å². The second kappa shape index (κ2) is 9.58. The van der Waals surface area contributed by atoms with Crippen LogP contribution in [0.25, 0.3) is 0 Å². The normalized spacial score (nSPS) is 15.0.